The van der Waals surface area contributed by atoms with Gasteiger partial charge in [0.1, 0.15) is 0 Å². The molecule has 5 heteroatoms. The maximum absolute atomic E-state index is 3.58. The Hall–Kier alpha value is 0.160. The van der Waals surface area contributed by atoms with Crippen LogP contribution in [-0.2, 0) is 0 Å². The Labute approximate surface area is 146 Å². The molecule has 19 heavy (non-hydrogen) atoms. The highest BCUT2D eigenvalue weighted by atomic mass is 79.9. The van der Waals surface area contributed by atoms with Gasteiger partial charge < -0.3 is 5.32 Å². The molecule has 2 rings (SSSR count). The highest BCUT2D eigenvalue weighted by molar-refractivity contribution is 9.11. The van der Waals surface area contributed by atoms with Crippen LogP contribution in [0.3, 0.4) is 0 Å². The summed E-state index contributed by atoms with van der Waals surface area (Å²) >= 11 is 14.1. The lowest BCUT2D eigenvalue weighted by Gasteiger charge is -2.18. The van der Waals surface area contributed by atoms with Gasteiger partial charge in [-0.1, -0.05) is 44.0 Å². The van der Waals surface area contributed by atoms with Crippen LogP contribution >= 0.6 is 63.7 Å². The Balaban J connectivity index is 2.26. The third-order valence-corrected chi connectivity index (χ3v) is 4.92. The number of hydrogen-bond donors (Lipinski definition) is 1. The Morgan fingerprint density at radius 1 is 0.895 bits per heavy atom. The third kappa shape index (κ3) is 4.06. The van der Waals surface area contributed by atoms with Crippen LogP contribution in [0, 0.1) is 0 Å². The predicted octanol–water partition coefficient (Wildman–Crippen LogP) is 6.91. The fourth-order valence-corrected chi connectivity index (χ4v) is 4.66. The summed E-state index contributed by atoms with van der Waals surface area (Å²) in [5, 5.41) is 3.51. The molecule has 0 saturated heterocycles. The molecule has 0 aliphatic rings. The van der Waals surface area contributed by atoms with Crippen LogP contribution in [0.5, 0.6) is 0 Å². The van der Waals surface area contributed by atoms with E-state index in [9.17, 15) is 0 Å². The van der Waals surface area contributed by atoms with Gasteiger partial charge in [-0.15, -0.1) is 0 Å². The Morgan fingerprint density at radius 3 is 2.11 bits per heavy atom. The van der Waals surface area contributed by atoms with Crippen molar-refractivity contribution >= 4 is 69.4 Å². The number of nitrogens with one attached hydrogen (secondary N) is 1. The molecule has 0 bridgehead atoms. The zero-order chi connectivity index (χ0) is 14.0. The smallest absolute Gasteiger partial charge is 0.0634 e. The topological polar surface area (TPSA) is 12.0 Å². The molecule has 0 amide bonds. The van der Waals surface area contributed by atoms with E-state index in [0.29, 0.717) is 0 Å². The minimum Gasteiger partial charge on any atom is -0.377 e. The van der Waals surface area contributed by atoms with Crippen molar-refractivity contribution in [2.24, 2.45) is 0 Å². The molecule has 0 aliphatic carbocycles. The zero-order valence-corrected chi connectivity index (χ0v) is 16.4. The van der Waals surface area contributed by atoms with Crippen LogP contribution in [0.2, 0.25) is 0 Å². The van der Waals surface area contributed by atoms with E-state index < -0.39 is 0 Å². The minimum atomic E-state index is 0.214. The Morgan fingerprint density at radius 2 is 1.53 bits per heavy atom. The molecule has 2 aromatic carbocycles. The highest BCUT2D eigenvalue weighted by Gasteiger charge is 2.11. The molecule has 0 aliphatic heterocycles. The van der Waals surface area contributed by atoms with Crippen LogP contribution < -0.4 is 5.32 Å². The SMILES string of the molecule is CC(Nc1c(Br)cc(Br)cc1Br)c1cccc(Br)c1. The lowest BCUT2D eigenvalue weighted by atomic mass is 10.1. The molecule has 1 nitrogen and oxygen atoms in total. The van der Waals surface area contributed by atoms with Gasteiger partial charge in [0.25, 0.3) is 0 Å². The summed E-state index contributed by atoms with van der Waals surface area (Å²) in [6.45, 7) is 2.14. The zero-order valence-electron chi connectivity index (χ0n) is 10.1. The predicted molar refractivity (Wildman–Crippen MR) is 95.7 cm³/mol. The molecule has 0 saturated carbocycles. The quantitative estimate of drug-likeness (QED) is 0.471. The number of rotatable bonds is 3. The lowest BCUT2D eigenvalue weighted by Crippen LogP contribution is -2.07. The van der Waals surface area contributed by atoms with E-state index in [1.807, 2.05) is 24.3 Å². The van der Waals surface area contributed by atoms with Crippen molar-refractivity contribution < 1.29 is 0 Å². The maximum Gasteiger partial charge on any atom is 0.0634 e. The molecule has 2 aromatic rings. The molecule has 1 N–H and O–H groups in total. The number of hydrogen-bond acceptors (Lipinski definition) is 1. The molecule has 0 radical (unpaired) electrons. The van der Waals surface area contributed by atoms with E-state index >= 15 is 0 Å². The Bertz CT molecular complexity index is 575. The van der Waals surface area contributed by atoms with E-state index in [-0.39, 0.29) is 6.04 Å². The minimum absolute atomic E-state index is 0.214. The van der Waals surface area contributed by atoms with Crippen molar-refractivity contribution in [3.63, 3.8) is 0 Å². The van der Waals surface area contributed by atoms with Gasteiger partial charge in [0.2, 0.25) is 0 Å². The van der Waals surface area contributed by atoms with Crippen molar-refractivity contribution in [2.75, 3.05) is 5.32 Å². The molecule has 100 valence electrons. The van der Waals surface area contributed by atoms with Crippen molar-refractivity contribution in [3.8, 4) is 0 Å². The summed E-state index contributed by atoms with van der Waals surface area (Å²) in [5.41, 5.74) is 2.28. The lowest BCUT2D eigenvalue weighted by molar-refractivity contribution is 0.881. The van der Waals surface area contributed by atoms with Gasteiger partial charge in [-0.3, -0.25) is 0 Å². The third-order valence-electron chi connectivity index (χ3n) is 2.72. The van der Waals surface area contributed by atoms with Gasteiger partial charge >= 0.3 is 0 Å². The first kappa shape index (κ1) is 15.5. The maximum atomic E-state index is 3.58. The van der Waals surface area contributed by atoms with Crippen LogP contribution in [0.25, 0.3) is 0 Å². The summed E-state index contributed by atoms with van der Waals surface area (Å²) < 4.78 is 4.17. The number of halogens is 4. The van der Waals surface area contributed by atoms with E-state index in [4.69, 9.17) is 0 Å². The second kappa shape index (κ2) is 6.74. The molecule has 0 fully saturated rings. The van der Waals surface area contributed by atoms with E-state index in [1.54, 1.807) is 0 Å². The van der Waals surface area contributed by atoms with Gasteiger partial charge in [0, 0.05) is 23.9 Å². The van der Waals surface area contributed by atoms with Gasteiger partial charge in [-0.2, -0.15) is 0 Å². The molecule has 0 spiro atoms. The number of anilines is 1. The second-order valence-corrected chi connectivity index (χ2v) is 7.71. The van der Waals surface area contributed by atoms with Crippen LogP contribution in [-0.4, -0.2) is 0 Å². The fraction of sp³-hybridized carbons (Fsp3) is 0.143. The normalized spacial score (nSPS) is 12.3. The van der Waals surface area contributed by atoms with Crippen molar-refractivity contribution in [1.82, 2.24) is 0 Å². The van der Waals surface area contributed by atoms with Crippen LogP contribution in [0.15, 0.2) is 54.3 Å². The molecule has 1 atom stereocenters. The molecule has 0 aromatic heterocycles. The van der Waals surface area contributed by atoms with E-state index in [1.165, 1.54) is 5.56 Å². The molecular weight excluding hydrogens is 502 g/mol. The molecule has 1 unspecified atom stereocenters. The summed E-state index contributed by atoms with van der Waals surface area (Å²) in [7, 11) is 0. The van der Waals surface area contributed by atoms with Crippen molar-refractivity contribution in [3.05, 3.63) is 59.9 Å². The van der Waals surface area contributed by atoms with Gasteiger partial charge in [0.15, 0.2) is 0 Å². The van der Waals surface area contributed by atoms with E-state index in [0.717, 1.165) is 23.6 Å². The first-order valence-corrected chi connectivity index (χ1v) is 8.81. The molecular formula is C14H11Br4N. The average molecular weight is 513 g/mol. The van der Waals surface area contributed by atoms with Gasteiger partial charge in [0.05, 0.1) is 5.69 Å². The first-order chi connectivity index (χ1) is 8.97. The first-order valence-electron chi connectivity index (χ1n) is 5.64. The monoisotopic (exact) mass is 509 g/mol. The second-order valence-electron chi connectivity index (χ2n) is 4.17. The standard InChI is InChI=1S/C14H11Br4N/c1-8(9-3-2-4-10(15)5-9)19-14-12(17)6-11(16)7-13(14)18/h2-8,19H,1H3. The number of benzene rings is 2. The molecule has 0 heterocycles. The van der Waals surface area contributed by atoms with Crippen LogP contribution in [0.4, 0.5) is 5.69 Å². The largest absolute Gasteiger partial charge is 0.377 e. The summed E-state index contributed by atoms with van der Waals surface area (Å²) in [6.07, 6.45) is 0. The highest BCUT2D eigenvalue weighted by Crippen LogP contribution is 2.36. The fourth-order valence-electron chi connectivity index (χ4n) is 1.76. The summed E-state index contributed by atoms with van der Waals surface area (Å²) in [5.74, 6) is 0. The van der Waals surface area contributed by atoms with Gasteiger partial charge in [-0.25, -0.2) is 0 Å². The van der Waals surface area contributed by atoms with Crippen molar-refractivity contribution in [2.45, 2.75) is 13.0 Å². The van der Waals surface area contributed by atoms with Crippen LogP contribution in [0.1, 0.15) is 18.5 Å². The van der Waals surface area contributed by atoms with E-state index in [2.05, 4.69) is 88.1 Å². The summed E-state index contributed by atoms with van der Waals surface area (Å²) in [4.78, 5) is 0. The summed E-state index contributed by atoms with van der Waals surface area (Å²) in [6, 6.07) is 12.6. The Kier molecular flexibility index (Phi) is 5.52. The van der Waals surface area contributed by atoms with Gasteiger partial charge in [-0.05, 0) is 68.6 Å². The van der Waals surface area contributed by atoms with Crippen molar-refractivity contribution in [1.29, 1.82) is 0 Å². The average Bonchev–Trinajstić information content (AvgIpc) is 2.33.